The maximum atomic E-state index is 13.5. The molecule has 1 aliphatic rings. The molecule has 5 nitrogen and oxygen atoms in total. The molecule has 37 heavy (non-hydrogen) atoms. The summed E-state index contributed by atoms with van der Waals surface area (Å²) in [6, 6.07) is 20.0. The van der Waals surface area contributed by atoms with E-state index >= 15 is 0 Å². The van der Waals surface area contributed by atoms with Crippen molar-refractivity contribution in [3.05, 3.63) is 95.1 Å². The Kier molecular flexibility index (Phi) is 8.38. The van der Waals surface area contributed by atoms with Gasteiger partial charge in [0.05, 0.1) is 24.1 Å². The average molecular weight is 514 g/mol. The highest BCUT2D eigenvalue weighted by atomic mass is 19.4. The van der Waals surface area contributed by atoms with Crippen LogP contribution in [-0.2, 0) is 17.6 Å². The Morgan fingerprint density at radius 2 is 1.65 bits per heavy atom. The molecule has 0 amide bonds. The van der Waals surface area contributed by atoms with Crippen LogP contribution in [0.15, 0.2) is 72.8 Å². The molecule has 1 heterocycles. The van der Waals surface area contributed by atoms with Crippen LogP contribution in [0.3, 0.4) is 0 Å². The van der Waals surface area contributed by atoms with Crippen molar-refractivity contribution in [2.24, 2.45) is 5.92 Å². The molecule has 3 aromatic rings. The van der Waals surface area contributed by atoms with E-state index in [1.165, 1.54) is 12.1 Å². The highest BCUT2D eigenvalue weighted by molar-refractivity contribution is 5.70. The Hall–Kier alpha value is -3.52. The molecule has 0 spiro atoms. The zero-order chi connectivity index (χ0) is 26.4. The summed E-state index contributed by atoms with van der Waals surface area (Å²) < 4.78 is 52.5. The first kappa shape index (κ1) is 26.5. The Morgan fingerprint density at radius 3 is 2.30 bits per heavy atom. The van der Waals surface area contributed by atoms with E-state index in [2.05, 4.69) is 0 Å². The second kappa shape index (κ2) is 11.7. The number of hydrogen-bond acceptors (Lipinski definition) is 4. The minimum Gasteiger partial charge on any atom is -0.490 e. The van der Waals surface area contributed by atoms with Crippen molar-refractivity contribution < 1.29 is 32.5 Å². The highest BCUT2D eigenvalue weighted by Gasteiger charge is 2.34. The van der Waals surface area contributed by atoms with Gasteiger partial charge in [-0.2, -0.15) is 13.2 Å². The molecule has 8 heteroatoms. The van der Waals surface area contributed by atoms with Gasteiger partial charge in [0.2, 0.25) is 0 Å². The average Bonchev–Trinajstić information content (AvgIpc) is 2.89. The van der Waals surface area contributed by atoms with E-state index in [1.807, 2.05) is 54.3 Å². The van der Waals surface area contributed by atoms with E-state index in [9.17, 15) is 23.1 Å². The summed E-state index contributed by atoms with van der Waals surface area (Å²) in [5.41, 5.74) is 1.52. The molecular formula is C29H30F3NO4. The molecule has 1 atom stereocenters. The van der Waals surface area contributed by atoms with Crippen LogP contribution in [0.2, 0.25) is 0 Å². The Labute approximate surface area is 214 Å². The van der Waals surface area contributed by atoms with Crippen molar-refractivity contribution in [1.82, 2.24) is 4.90 Å². The molecule has 0 bridgehead atoms. The summed E-state index contributed by atoms with van der Waals surface area (Å²) >= 11 is 0. The third kappa shape index (κ3) is 6.63. The van der Waals surface area contributed by atoms with Crippen LogP contribution in [0, 0.1) is 5.92 Å². The van der Waals surface area contributed by atoms with Crippen molar-refractivity contribution in [3.63, 3.8) is 0 Å². The predicted octanol–water partition coefficient (Wildman–Crippen LogP) is 6.57. The van der Waals surface area contributed by atoms with Crippen molar-refractivity contribution in [1.29, 1.82) is 0 Å². The number of piperidine rings is 1. The highest BCUT2D eigenvalue weighted by Crippen LogP contribution is 2.39. The van der Waals surface area contributed by atoms with Crippen LogP contribution in [0.1, 0.15) is 48.1 Å². The number of halogens is 3. The summed E-state index contributed by atoms with van der Waals surface area (Å²) in [7, 11) is 0. The minimum atomic E-state index is -4.47. The van der Waals surface area contributed by atoms with Crippen molar-refractivity contribution in [2.45, 2.75) is 38.6 Å². The van der Waals surface area contributed by atoms with E-state index in [1.54, 1.807) is 12.1 Å². The number of carbonyl (C=O) groups is 1. The molecule has 1 aliphatic heterocycles. The maximum absolute atomic E-state index is 13.5. The number of alkyl halides is 3. The normalized spacial score (nSPS) is 15.8. The Bertz CT molecular complexity index is 1190. The Balaban J connectivity index is 1.68. The molecule has 0 aromatic heterocycles. The summed E-state index contributed by atoms with van der Waals surface area (Å²) in [6.07, 6.45) is -3.61. The third-order valence-electron chi connectivity index (χ3n) is 6.59. The molecule has 0 saturated carbocycles. The van der Waals surface area contributed by atoms with Gasteiger partial charge in [-0.05, 0) is 73.8 Å². The van der Waals surface area contributed by atoms with Crippen molar-refractivity contribution >= 4 is 5.97 Å². The van der Waals surface area contributed by atoms with Gasteiger partial charge in [0.15, 0.2) is 11.5 Å². The van der Waals surface area contributed by atoms with Gasteiger partial charge in [0.25, 0.3) is 0 Å². The van der Waals surface area contributed by atoms with Crippen LogP contribution >= 0.6 is 0 Å². The molecule has 1 fully saturated rings. The lowest BCUT2D eigenvalue weighted by Gasteiger charge is -2.37. The molecule has 196 valence electrons. The van der Waals surface area contributed by atoms with Crippen molar-refractivity contribution in [2.75, 3.05) is 19.7 Å². The monoisotopic (exact) mass is 513 g/mol. The van der Waals surface area contributed by atoms with Crippen LogP contribution in [0.4, 0.5) is 13.2 Å². The topological polar surface area (TPSA) is 59.0 Å². The number of nitrogens with zero attached hydrogens (tertiary/aromatic N) is 1. The van der Waals surface area contributed by atoms with Gasteiger partial charge in [-0.1, -0.05) is 48.5 Å². The fraction of sp³-hybridized carbons (Fsp3) is 0.345. The van der Waals surface area contributed by atoms with Gasteiger partial charge in [0.1, 0.15) is 6.61 Å². The van der Waals surface area contributed by atoms with Gasteiger partial charge in [-0.3, -0.25) is 9.69 Å². The zero-order valence-corrected chi connectivity index (χ0v) is 20.6. The third-order valence-corrected chi connectivity index (χ3v) is 6.59. The largest absolute Gasteiger partial charge is 0.490 e. The first-order valence-corrected chi connectivity index (χ1v) is 12.3. The fourth-order valence-corrected chi connectivity index (χ4v) is 4.72. The smallest absolute Gasteiger partial charge is 0.416 e. The van der Waals surface area contributed by atoms with E-state index in [4.69, 9.17) is 9.47 Å². The zero-order valence-electron chi connectivity index (χ0n) is 20.6. The van der Waals surface area contributed by atoms with Gasteiger partial charge in [-0.15, -0.1) is 0 Å². The Morgan fingerprint density at radius 1 is 0.946 bits per heavy atom. The summed E-state index contributed by atoms with van der Waals surface area (Å²) in [4.78, 5) is 13.5. The number of benzene rings is 3. The number of hydrogen-bond donors (Lipinski definition) is 1. The van der Waals surface area contributed by atoms with E-state index in [0.717, 1.165) is 17.2 Å². The molecule has 4 rings (SSSR count). The fourth-order valence-electron chi connectivity index (χ4n) is 4.72. The van der Waals surface area contributed by atoms with E-state index in [-0.39, 0.29) is 0 Å². The number of likely N-dealkylation sites (tertiary alicyclic amines) is 1. The van der Waals surface area contributed by atoms with E-state index < -0.39 is 29.7 Å². The van der Waals surface area contributed by atoms with Gasteiger partial charge < -0.3 is 14.6 Å². The lowest BCUT2D eigenvalue weighted by atomic mass is 9.90. The van der Waals surface area contributed by atoms with E-state index in [0.29, 0.717) is 56.2 Å². The first-order valence-electron chi connectivity index (χ1n) is 12.3. The summed E-state index contributed by atoms with van der Waals surface area (Å²) in [5.74, 6) is -0.241. The lowest BCUT2D eigenvalue weighted by molar-refractivity contribution is -0.143. The lowest BCUT2D eigenvalue weighted by Crippen LogP contribution is -2.39. The molecule has 1 saturated heterocycles. The molecule has 1 N–H and O–H groups in total. The number of carboxylic acids is 1. The summed E-state index contributed by atoms with van der Waals surface area (Å²) in [6.45, 7) is 3.50. The molecule has 1 unspecified atom stereocenters. The SMILES string of the molecule is CCOc1cc(C(c2cccc(C(F)(F)F)c2)N2CCC(C(=O)O)CC2)ccc1OCc1ccccc1. The molecule has 0 aliphatic carbocycles. The second-order valence-electron chi connectivity index (χ2n) is 9.09. The summed E-state index contributed by atoms with van der Waals surface area (Å²) in [5, 5.41) is 9.41. The molecule has 0 radical (unpaired) electrons. The number of aliphatic carboxylic acids is 1. The molecule has 3 aromatic carbocycles. The van der Waals surface area contributed by atoms with Gasteiger partial charge in [0, 0.05) is 0 Å². The molecular weight excluding hydrogens is 483 g/mol. The maximum Gasteiger partial charge on any atom is 0.416 e. The number of carboxylic acid groups (broad SMARTS) is 1. The quantitative estimate of drug-likeness (QED) is 0.351. The number of rotatable bonds is 9. The standard InChI is InChI=1S/C29H30F3NO4/c1-2-36-26-18-23(11-12-25(26)37-19-20-7-4-3-5-8-20)27(33-15-13-21(14-16-33)28(34)35)22-9-6-10-24(17-22)29(30,31)32/h3-12,17-18,21,27H,2,13-16,19H2,1H3,(H,34,35). The van der Waals surface area contributed by atoms with Crippen molar-refractivity contribution in [3.8, 4) is 11.5 Å². The van der Waals surface area contributed by atoms with Crippen LogP contribution in [0.5, 0.6) is 11.5 Å². The number of ether oxygens (including phenoxy) is 2. The van der Waals surface area contributed by atoms with Crippen LogP contribution < -0.4 is 9.47 Å². The minimum absolute atomic E-state index is 0.347. The predicted molar refractivity (Wildman–Crippen MR) is 134 cm³/mol. The van der Waals surface area contributed by atoms with Gasteiger partial charge >= 0.3 is 12.1 Å². The first-order chi connectivity index (χ1) is 17.8. The van der Waals surface area contributed by atoms with Gasteiger partial charge in [-0.25, -0.2) is 0 Å². The van der Waals surface area contributed by atoms with Crippen LogP contribution in [-0.4, -0.2) is 35.7 Å². The van der Waals surface area contributed by atoms with Crippen LogP contribution in [0.25, 0.3) is 0 Å². The second-order valence-corrected chi connectivity index (χ2v) is 9.09.